The molecule has 18 heavy (non-hydrogen) atoms. The normalized spacial score (nSPS) is 10.6. The molecule has 0 aliphatic carbocycles. The molecule has 0 heterocycles. The lowest BCUT2D eigenvalue weighted by molar-refractivity contribution is -0.0498. The molecular weight excluding hydrogens is 333 g/mol. The Morgan fingerprint density at radius 3 is 2.67 bits per heavy atom. The number of esters is 1. The molecule has 0 atom stereocenters. The molecule has 0 aliphatic rings. The molecule has 0 aliphatic heterocycles. The number of rotatable bonds is 5. The van der Waals surface area contributed by atoms with Crippen LogP contribution in [0.4, 0.5) is 8.78 Å². The van der Waals surface area contributed by atoms with Crippen molar-refractivity contribution in [2.75, 3.05) is 6.61 Å². The molecule has 0 radical (unpaired) electrons. The minimum atomic E-state index is -2.95. The van der Waals surface area contributed by atoms with E-state index in [-0.39, 0.29) is 28.3 Å². The first kappa shape index (κ1) is 15.2. The quantitative estimate of drug-likeness (QED) is 0.598. The van der Waals surface area contributed by atoms with Crippen molar-refractivity contribution in [3.63, 3.8) is 0 Å². The number of ether oxygens (including phenoxy) is 2. The number of carbonyl (C=O) groups excluding carboxylic acids is 1. The van der Waals surface area contributed by atoms with E-state index in [1.165, 1.54) is 6.07 Å². The minimum absolute atomic E-state index is 0.0149. The summed E-state index contributed by atoms with van der Waals surface area (Å²) >= 11 is 9.03. The van der Waals surface area contributed by atoms with E-state index >= 15 is 0 Å². The summed E-state index contributed by atoms with van der Waals surface area (Å²) in [6.07, 6.45) is 0. The zero-order valence-corrected chi connectivity index (χ0v) is 11.7. The Balaban J connectivity index is 3.15. The number of benzene rings is 1. The molecule has 0 unspecified atom stereocenters. The van der Waals surface area contributed by atoms with Crippen LogP contribution in [0.2, 0.25) is 5.02 Å². The lowest BCUT2D eigenvalue weighted by atomic mass is 10.1. The SMILES string of the molecule is CCOC(=O)c1c(Cl)cc(OC(F)F)cc1CBr. The average molecular weight is 344 g/mol. The van der Waals surface area contributed by atoms with Gasteiger partial charge in [-0.15, -0.1) is 0 Å². The molecule has 3 nitrogen and oxygen atoms in total. The topological polar surface area (TPSA) is 35.5 Å². The van der Waals surface area contributed by atoms with Crippen molar-refractivity contribution >= 4 is 33.5 Å². The summed E-state index contributed by atoms with van der Waals surface area (Å²) < 4.78 is 33.3. The number of halogens is 4. The molecule has 1 aromatic carbocycles. The van der Waals surface area contributed by atoms with Crippen LogP contribution < -0.4 is 4.74 Å². The van der Waals surface area contributed by atoms with Crippen molar-refractivity contribution in [2.24, 2.45) is 0 Å². The number of hydrogen-bond acceptors (Lipinski definition) is 3. The van der Waals surface area contributed by atoms with Gasteiger partial charge in [-0.2, -0.15) is 8.78 Å². The second-order valence-electron chi connectivity index (χ2n) is 3.17. The Morgan fingerprint density at radius 1 is 1.50 bits per heavy atom. The molecule has 0 N–H and O–H groups in total. The molecule has 0 amide bonds. The van der Waals surface area contributed by atoms with E-state index in [1.807, 2.05) is 0 Å². The highest BCUT2D eigenvalue weighted by molar-refractivity contribution is 9.08. The number of carbonyl (C=O) groups is 1. The van der Waals surface area contributed by atoms with E-state index in [2.05, 4.69) is 20.7 Å². The maximum atomic E-state index is 12.1. The van der Waals surface area contributed by atoms with Gasteiger partial charge in [0.05, 0.1) is 17.2 Å². The van der Waals surface area contributed by atoms with E-state index in [0.29, 0.717) is 5.56 Å². The molecule has 1 rings (SSSR count). The number of alkyl halides is 3. The van der Waals surface area contributed by atoms with Gasteiger partial charge in [0.15, 0.2) is 0 Å². The second-order valence-corrected chi connectivity index (χ2v) is 4.14. The molecule has 0 aromatic heterocycles. The number of hydrogen-bond donors (Lipinski definition) is 0. The van der Waals surface area contributed by atoms with E-state index in [1.54, 1.807) is 6.92 Å². The fraction of sp³-hybridized carbons (Fsp3) is 0.364. The van der Waals surface area contributed by atoms with Gasteiger partial charge in [0.25, 0.3) is 0 Å². The predicted octanol–water partition coefficient (Wildman–Crippen LogP) is 4.01. The van der Waals surface area contributed by atoms with Crippen LogP contribution in [-0.2, 0) is 10.1 Å². The summed E-state index contributed by atoms with van der Waals surface area (Å²) in [6.45, 7) is -1.09. The third-order valence-electron chi connectivity index (χ3n) is 1.99. The summed E-state index contributed by atoms with van der Waals surface area (Å²) in [7, 11) is 0. The second kappa shape index (κ2) is 6.89. The van der Waals surface area contributed by atoms with Gasteiger partial charge < -0.3 is 9.47 Å². The van der Waals surface area contributed by atoms with Gasteiger partial charge in [-0.05, 0) is 24.6 Å². The maximum absolute atomic E-state index is 12.1. The molecule has 0 saturated heterocycles. The smallest absolute Gasteiger partial charge is 0.387 e. The molecule has 1 aromatic rings. The van der Waals surface area contributed by atoms with Crippen LogP contribution in [0.25, 0.3) is 0 Å². The van der Waals surface area contributed by atoms with Crippen LogP contribution >= 0.6 is 27.5 Å². The Labute approximate surface area is 116 Å². The summed E-state index contributed by atoms with van der Waals surface area (Å²) in [5.41, 5.74) is 0.577. The van der Waals surface area contributed by atoms with Crippen molar-refractivity contribution in [1.82, 2.24) is 0 Å². The van der Waals surface area contributed by atoms with Crippen molar-refractivity contribution < 1.29 is 23.0 Å². The zero-order valence-electron chi connectivity index (χ0n) is 9.38. The molecule has 7 heteroatoms. The van der Waals surface area contributed by atoms with Crippen molar-refractivity contribution in [1.29, 1.82) is 0 Å². The Morgan fingerprint density at radius 2 is 2.17 bits per heavy atom. The van der Waals surface area contributed by atoms with E-state index in [9.17, 15) is 13.6 Å². The molecule has 0 fully saturated rings. The van der Waals surface area contributed by atoms with E-state index < -0.39 is 12.6 Å². The van der Waals surface area contributed by atoms with Crippen LogP contribution in [0.1, 0.15) is 22.8 Å². The highest BCUT2D eigenvalue weighted by Crippen LogP contribution is 2.29. The first-order valence-corrected chi connectivity index (χ1v) is 6.49. The predicted molar refractivity (Wildman–Crippen MR) is 66.7 cm³/mol. The molecular formula is C11H10BrClF2O3. The van der Waals surface area contributed by atoms with Crippen LogP contribution in [0.3, 0.4) is 0 Å². The van der Waals surface area contributed by atoms with Gasteiger partial charge in [-0.1, -0.05) is 27.5 Å². The van der Waals surface area contributed by atoms with Gasteiger partial charge in [-0.3, -0.25) is 0 Å². The van der Waals surface area contributed by atoms with Gasteiger partial charge in [-0.25, -0.2) is 4.79 Å². The van der Waals surface area contributed by atoms with E-state index in [4.69, 9.17) is 16.3 Å². The highest BCUT2D eigenvalue weighted by atomic mass is 79.9. The van der Waals surface area contributed by atoms with Crippen LogP contribution in [0.15, 0.2) is 12.1 Å². The van der Waals surface area contributed by atoms with Gasteiger partial charge in [0.1, 0.15) is 5.75 Å². The minimum Gasteiger partial charge on any atom is -0.462 e. The highest BCUT2D eigenvalue weighted by Gasteiger charge is 2.19. The Hall–Kier alpha value is -0.880. The van der Waals surface area contributed by atoms with Crippen molar-refractivity contribution in [3.05, 3.63) is 28.3 Å². The third-order valence-corrected chi connectivity index (χ3v) is 2.90. The lowest BCUT2D eigenvalue weighted by Crippen LogP contribution is -2.10. The fourth-order valence-electron chi connectivity index (χ4n) is 1.34. The summed E-state index contributed by atoms with van der Waals surface area (Å²) in [6, 6.07) is 2.48. The summed E-state index contributed by atoms with van der Waals surface area (Å²) in [4.78, 5) is 11.7. The Kier molecular flexibility index (Phi) is 5.81. The van der Waals surface area contributed by atoms with Crippen LogP contribution in [0.5, 0.6) is 5.75 Å². The molecule has 0 bridgehead atoms. The summed E-state index contributed by atoms with van der Waals surface area (Å²) in [5.74, 6) is -0.696. The van der Waals surface area contributed by atoms with Crippen LogP contribution in [0, 0.1) is 0 Å². The van der Waals surface area contributed by atoms with Crippen molar-refractivity contribution in [2.45, 2.75) is 18.9 Å². The maximum Gasteiger partial charge on any atom is 0.387 e. The van der Waals surface area contributed by atoms with Crippen LogP contribution in [-0.4, -0.2) is 19.2 Å². The standard InChI is InChI=1S/C11H10BrClF2O3/c1-2-17-10(16)9-6(5-12)3-7(4-8(9)13)18-11(14)15/h3-4,11H,2,5H2,1H3. The molecule has 0 spiro atoms. The molecule has 0 saturated carbocycles. The largest absolute Gasteiger partial charge is 0.462 e. The average Bonchev–Trinajstić information content (AvgIpc) is 2.27. The van der Waals surface area contributed by atoms with Crippen molar-refractivity contribution in [3.8, 4) is 5.75 Å². The van der Waals surface area contributed by atoms with Gasteiger partial charge >= 0.3 is 12.6 Å². The summed E-state index contributed by atoms with van der Waals surface area (Å²) in [5, 5.41) is 0.280. The van der Waals surface area contributed by atoms with Gasteiger partial charge in [0, 0.05) is 5.33 Å². The lowest BCUT2D eigenvalue weighted by Gasteiger charge is -2.12. The molecule has 100 valence electrons. The fourth-order valence-corrected chi connectivity index (χ4v) is 2.09. The first-order valence-electron chi connectivity index (χ1n) is 4.99. The zero-order chi connectivity index (χ0) is 13.7. The first-order chi connectivity index (χ1) is 8.49. The monoisotopic (exact) mass is 342 g/mol. The third kappa shape index (κ3) is 3.81. The van der Waals surface area contributed by atoms with Gasteiger partial charge in [0.2, 0.25) is 0 Å². The Bertz CT molecular complexity index is 441. The van der Waals surface area contributed by atoms with E-state index in [0.717, 1.165) is 6.07 Å².